The molecule has 0 aliphatic carbocycles. The second-order valence-electron chi connectivity index (χ2n) is 6.90. The number of likely N-dealkylation sites (tertiary alicyclic amines) is 1. The monoisotopic (exact) mass is 333 g/mol. The molecule has 3 rings (SSSR count). The highest BCUT2D eigenvalue weighted by atomic mass is 16.5. The minimum absolute atomic E-state index is 0.307. The van der Waals surface area contributed by atoms with E-state index in [0.717, 1.165) is 44.3 Å². The first-order chi connectivity index (χ1) is 11.5. The summed E-state index contributed by atoms with van der Waals surface area (Å²) in [5.74, 6) is 2.68. The molecule has 2 aromatic heterocycles. The van der Waals surface area contributed by atoms with Crippen molar-refractivity contribution in [2.75, 3.05) is 51.1 Å². The van der Waals surface area contributed by atoms with E-state index >= 15 is 0 Å². The van der Waals surface area contributed by atoms with Gasteiger partial charge in [-0.05, 0) is 24.5 Å². The van der Waals surface area contributed by atoms with Crippen LogP contribution in [0.15, 0.2) is 10.7 Å². The number of anilines is 2. The summed E-state index contributed by atoms with van der Waals surface area (Å²) in [5.41, 5.74) is 1.22. The Morgan fingerprint density at radius 2 is 2.04 bits per heavy atom. The van der Waals surface area contributed by atoms with Crippen molar-refractivity contribution in [3.05, 3.63) is 17.8 Å². The average Bonchev–Trinajstić information content (AvgIpc) is 3.16. The molecule has 132 valence electrons. The molecule has 1 aliphatic rings. The van der Waals surface area contributed by atoms with Gasteiger partial charge in [0.2, 0.25) is 11.8 Å². The Bertz CT molecular complexity index is 676. The Morgan fingerprint density at radius 3 is 2.67 bits per heavy atom. The molecule has 1 unspecified atom stereocenters. The van der Waals surface area contributed by atoms with Gasteiger partial charge in [0.25, 0.3) is 5.95 Å². The van der Waals surface area contributed by atoms with Gasteiger partial charge in [-0.2, -0.15) is 4.98 Å². The summed E-state index contributed by atoms with van der Waals surface area (Å²) in [6.45, 7) is 2.92. The minimum Gasteiger partial charge on any atom is -0.348 e. The molecule has 3 heterocycles. The SMILES string of the molecule is CN(C)c1noc(C2CCCN(Cc3cnc(N(C)C)n3C)C2)n1. The van der Waals surface area contributed by atoms with Crippen LogP contribution in [0, 0.1) is 0 Å². The maximum absolute atomic E-state index is 5.47. The van der Waals surface area contributed by atoms with Crippen LogP contribution < -0.4 is 9.80 Å². The van der Waals surface area contributed by atoms with Crippen molar-refractivity contribution in [3.63, 3.8) is 0 Å². The topological polar surface area (TPSA) is 66.5 Å². The zero-order chi connectivity index (χ0) is 17.3. The Kier molecular flexibility index (Phi) is 4.75. The molecule has 0 saturated carbocycles. The number of hydrogen-bond donors (Lipinski definition) is 0. The quantitative estimate of drug-likeness (QED) is 0.817. The molecule has 1 atom stereocenters. The number of rotatable bonds is 5. The maximum Gasteiger partial charge on any atom is 0.265 e. The summed E-state index contributed by atoms with van der Waals surface area (Å²) in [6.07, 6.45) is 4.21. The summed E-state index contributed by atoms with van der Waals surface area (Å²) in [7, 11) is 9.95. The van der Waals surface area contributed by atoms with E-state index in [-0.39, 0.29) is 0 Å². The lowest BCUT2D eigenvalue weighted by atomic mass is 9.98. The van der Waals surface area contributed by atoms with Crippen molar-refractivity contribution in [1.29, 1.82) is 0 Å². The van der Waals surface area contributed by atoms with E-state index in [1.54, 1.807) is 0 Å². The van der Waals surface area contributed by atoms with Gasteiger partial charge < -0.3 is 18.9 Å². The van der Waals surface area contributed by atoms with Crippen LogP contribution in [-0.4, -0.2) is 65.9 Å². The predicted octanol–water partition coefficient (Wildman–Crippen LogP) is 1.31. The largest absolute Gasteiger partial charge is 0.348 e. The first-order valence-corrected chi connectivity index (χ1v) is 8.37. The molecule has 24 heavy (non-hydrogen) atoms. The van der Waals surface area contributed by atoms with E-state index in [4.69, 9.17) is 4.52 Å². The third-order valence-corrected chi connectivity index (χ3v) is 4.53. The molecule has 0 amide bonds. The lowest BCUT2D eigenvalue weighted by molar-refractivity contribution is 0.177. The lowest BCUT2D eigenvalue weighted by Gasteiger charge is -2.30. The van der Waals surface area contributed by atoms with Crippen molar-refractivity contribution in [3.8, 4) is 0 Å². The molecule has 0 radical (unpaired) electrons. The first kappa shape index (κ1) is 16.8. The van der Waals surface area contributed by atoms with Crippen LogP contribution in [0.5, 0.6) is 0 Å². The van der Waals surface area contributed by atoms with Crippen LogP contribution in [0.3, 0.4) is 0 Å². The van der Waals surface area contributed by atoms with Crippen LogP contribution in [0.1, 0.15) is 30.3 Å². The smallest absolute Gasteiger partial charge is 0.265 e. The van der Waals surface area contributed by atoms with E-state index < -0.39 is 0 Å². The van der Waals surface area contributed by atoms with Gasteiger partial charge >= 0.3 is 0 Å². The summed E-state index contributed by atoms with van der Waals surface area (Å²) in [5, 5.41) is 4.04. The standard InChI is InChI=1S/C16H27N7O/c1-20(2)15-18-14(24-19-15)12-7-6-8-23(10-12)11-13-9-17-16(21(3)4)22(13)5/h9,12H,6-8,10-11H2,1-5H3. The predicted molar refractivity (Wildman–Crippen MR) is 93.4 cm³/mol. The second kappa shape index (κ2) is 6.80. The fourth-order valence-electron chi connectivity index (χ4n) is 3.20. The fraction of sp³-hybridized carbons (Fsp3) is 0.688. The Labute approximate surface area is 143 Å². The highest BCUT2D eigenvalue weighted by Gasteiger charge is 2.27. The van der Waals surface area contributed by atoms with Gasteiger partial charge in [0.05, 0.1) is 17.8 Å². The molecule has 0 aromatic carbocycles. The minimum atomic E-state index is 0.307. The highest BCUT2D eigenvalue weighted by molar-refractivity contribution is 5.31. The van der Waals surface area contributed by atoms with Gasteiger partial charge in [0.1, 0.15) is 0 Å². The van der Waals surface area contributed by atoms with Crippen molar-refractivity contribution < 1.29 is 4.52 Å². The third-order valence-electron chi connectivity index (χ3n) is 4.53. The summed E-state index contributed by atoms with van der Waals surface area (Å²) in [4.78, 5) is 15.4. The zero-order valence-electron chi connectivity index (χ0n) is 15.2. The summed E-state index contributed by atoms with van der Waals surface area (Å²) >= 11 is 0. The highest BCUT2D eigenvalue weighted by Crippen LogP contribution is 2.27. The van der Waals surface area contributed by atoms with Gasteiger partial charge in [0.15, 0.2) is 0 Å². The van der Waals surface area contributed by atoms with Crippen LogP contribution >= 0.6 is 0 Å². The van der Waals surface area contributed by atoms with Crippen LogP contribution in [0.4, 0.5) is 11.9 Å². The maximum atomic E-state index is 5.47. The van der Waals surface area contributed by atoms with E-state index in [0.29, 0.717) is 11.9 Å². The number of imidazole rings is 1. The van der Waals surface area contributed by atoms with Crippen molar-refractivity contribution in [2.24, 2.45) is 7.05 Å². The van der Waals surface area contributed by atoms with E-state index in [1.165, 1.54) is 5.69 Å². The molecule has 1 fully saturated rings. The van der Waals surface area contributed by atoms with Crippen LogP contribution in [0.25, 0.3) is 0 Å². The van der Waals surface area contributed by atoms with Gasteiger partial charge in [-0.25, -0.2) is 4.98 Å². The lowest BCUT2D eigenvalue weighted by Crippen LogP contribution is -2.34. The molecule has 0 spiro atoms. The molecule has 2 aromatic rings. The van der Waals surface area contributed by atoms with Gasteiger partial charge in [-0.15, -0.1) is 0 Å². The van der Waals surface area contributed by atoms with Crippen molar-refractivity contribution >= 4 is 11.9 Å². The van der Waals surface area contributed by atoms with E-state index in [2.05, 4.69) is 31.6 Å². The van der Waals surface area contributed by atoms with Gasteiger partial charge in [-0.1, -0.05) is 0 Å². The molecular weight excluding hydrogens is 306 g/mol. The van der Waals surface area contributed by atoms with Gasteiger partial charge in [-0.3, -0.25) is 4.90 Å². The Balaban J connectivity index is 1.67. The Morgan fingerprint density at radius 1 is 1.25 bits per heavy atom. The molecule has 1 aliphatic heterocycles. The van der Waals surface area contributed by atoms with E-state index in [9.17, 15) is 0 Å². The van der Waals surface area contributed by atoms with Gasteiger partial charge in [0, 0.05) is 48.3 Å². The zero-order valence-corrected chi connectivity index (χ0v) is 15.2. The van der Waals surface area contributed by atoms with Crippen LogP contribution in [-0.2, 0) is 13.6 Å². The molecular formula is C16H27N7O. The van der Waals surface area contributed by atoms with E-state index in [1.807, 2.05) is 44.2 Å². The molecule has 1 saturated heterocycles. The molecule has 8 nitrogen and oxygen atoms in total. The Hall–Kier alpha value is -2.09. The number of piperidine rings is 1. The normalized spacial score (nSPS) is 18.8. The second-order valence-corrected chi connectivity index (χ2v) is 6.90. The van der Waals surface area contributed by atoms with Crippen molar-refractivity contribution in [2.45, 2.75) is 25.3 Å². The summed E-state index contributed by atoms with van der Waals surface area (Å²) in [6, 6.07) is 0. The molecule has 0 bridgehead atoms. The van der Waals surface area contributed by atoms with Crippen molar-refractivity contribution in [1.82, 2.24) is 24.6 Å². The first-order valence-electron chi connectivity index (χ1n) is 8.37. The molecule has 0 N–H and O–H groups in total. The summed E-state index contributed by atoms with van der Waals surface area (Å²) < 4.78 is 7.62. The average molecular weight is 333 g/mol. The third kappa shape index (κ3) is 3.38. The number of nitrogens with zero attached hydrogens (tertiary/aromatic N) is 7. The van der Waals surface area contributed by atoms with Crippen LogP contribution in [0.2, 0.25) is 0 Å². The molecule has 8 heteroatoms. The number of hydrogen-bond acceptors (Lipinski definition) is 7. The number of aromatic nitrogens is 4. The fourth-order valence-corrected chi connectivity index (χ4v) is 3.20.